The van der Waals surface area contributed by atoms with E-state index < -0.39 is 0 Å². The largest absolute Gasteiger partial charge is 0.480 e. The number of anilines is 1. The zero-order valence-electron chi connectivity index (χ0n) is 17.5. The maximum Gasteiger partial charge on any atom is 0.269 e. The monoisotopic (exact) mass is 414 g/mol. The number of rotatable bonds is 7. The van der Waals surface area contributed by atoms with Gasteiger partial charge in [0.05, 0.1) is 30.3 Å². The zero-order valence-corrected chi connectivity index (χ0v) is 17.5. The summed E-state index contributed by atoms with van der Waals surface area (Å²) < 4.78 is 7.27. The Morgan fingerprint density at radius 1 is 1.42 bits per heavy atom. The third kappa shape index (κ3) is 4.07. The molecule has 9 nitrogen and oxygen atoms in total. The number of hydrogen-bond acceptors (Lipinski definition) is 8. The van der Waals surface area contributed by atoms with Gasteiger partial charge in [0.1, 0.15) is 5.82 Å². The summed E-state index contributed by atoms with van der Waals surface area (Å²) in [7, 11) is 3.32. The van der Waals surface area contributed by atoms with Crippen LogP contribution in [0.15, 0.2) is 36.8 Å². The van der Waals surface area contributed by atoms with Gasteiger partial charge in [0.2, 0.25) is 11.7 Å². The van der Waals surface area contributed by atoms with Crippen LogP contribution in [0.3, 0.4) is 0 Å². The molecule has 0 aliphatic carbocycles. The van der Waals surface area contributed by atoms with Crippen LogP contribution in [0.1, 0.15) is 12.0 Å². The molecule has 1 saturated heterocycles. The number of nitrogens with one attached hydrogen (secondary N) is 3. The Kier molecular flexibility index (Phi) is 5.84. The second-order valence-electron chi connectivity index (χ2n) is 7.40. The first kappa shape index (κ1) is 20.4. The van der Waals surface area contributed by atoms with Crippen LogP contribution in [0.5, 0.6) is 5.88 Å². The normalized spacial score (nSPS) is 16.2. The lowest BCUT2D eigenvalue weighted by molar-refractivity contribution is 0.397. The van der Waals surface area contributed by atoms with Crippen molar-refractivity contribution in [1.29, 1.82) is 10.7 Å². The van der Waals surface area contributed by atoms with Gasteiger partial charge in [-0.25, -0.2) is 15.2 Å². The van der Waals surface area contributed by atoms with Gasteiger partial charge in [0.25, 0.3) is 6.71 Å². The van der Waals surface area contributed by atoms with E-state index >= 15 is 0 Å². The van der Waals surface area contributed by atoms with Crippen molar-refractivity contribution >= 4 is 30.1 Å². The number of nitriles is 1. The fourth-order valence-electron chi connectivity index (χ4n) is 3.89. The molecule has 31 heavy (non-hydrogen) atoms. The molecule has 0 amide bonds. The summed E-state index contributed by atoms with van der Waals surface area (Å²) in [6.07, 6.45) is 9.28. The SMILES string of the molecule is CN/C=C(\C=N)c1cn2c(-c3cccc(NC4CCB(C#N)C4)n3)cnc2nc1OC. The number of pyridine rings is 1. The van der Waals surface area contributed by atoms with Gasteiger partial charge >= 0.3 is 0 Å². The smallest absolute Gasteiger partial charge is 0.269 e. The molecular weight excluding hydrogens is 391 g/mol. The molecule has 0 radical (unpaired) electrons. The fraction of sp³-hybridized carbons (Fsp3) is 0.286. The highest BCUT2D eigenvalue weighted by molar-refractivity contribution is 6.67. The quantitative estimate of drug-likeness (QED) is 0.401. The van der Waals surface area contributed by atoms with Crippen LogP contribution in [0.2, 0.25) is 12.6 Å². The molecule has 1 aliphatic heterocycles. The van der Waals surface area contributed by atoms with E-state index in [4.69, 9.17) is 20.4 Å². The Labute approximate surface area is 180 Å². The average Bonchev–Trinajstić information content (AvgIpc) is 3.43. The van der Waals surface area contributed by atoms with E-state index in [2.05, 4.69) is 26.6 Å². The molecule has 3 aromatic rings. The third-order valence-electron chi connectivity index (χ3n) is 5.41. The molecule has 4 heterocycles. The van der Waals surface area contributed by atoms with Gasteiger partial charge in [-0.2, -0.15) is 4.98 Å². The van der Waals surface area contributed by atoms with Crippen molar-refractivity contribution in [3.8, 4) is 23.2 Å². The topological polar surface area (TPSA) is 124 Å². The summed E-state index contributed by atoms with van der Waals surface area (Å²) in [5, 5.41) is 23.3. The van der Waals surface area contributed by atoms with Crippen molar-refractivity contribution in [1.82, 2.24) is 24.7 Å². The lowest BCUT2D eigenvalue weighted by Crippen LogP contribution is -2.17. The van der Waals surface area contributed by atoms with E-state index in [1.807, 2.05) is 28.8 Å². The van der Waals surface area contributed by atoms with E-state index in [1.54, 1.807) is 26.6 Å². The minimum Gasteiger partial charge on any atom is -0.480 e. The molecule has 0 bridgehead atoms. The number of ether oxygens (including phenoxy) is 1. The van der Waals surface area contributed by atoms with Crippen LogP contribution in [0.4, 0.5) is 5.82 Å². The van der Waals surface area contributed by atoms with Gasteiger partial charge in [0.15, 0.2) is 0 Å². The highest BCUT2D eigenvalue weighted by atomic mass is 16.5. The van der Waals surface area contributed by atoms with E-state index in [0.29, 0.717) is 22.8 Å². The number of nitrogens with zero attached hydrogens (tertiary/aromatic N) is 5. The maximum atomic E-state index is 9.13. The summed E-state index contributed by atoms with van der Waals surface area (Å²) in [6, 6.07) is 6.06. The lowest BCUT2D eigenvalue weighted by atomic mass is 9.50. The third-order valence-corrected chi connectivity index (χ3v) is 5.41. The minimum atomic E-state index is 0.118. The van der Waals surface area contributed by atoms with Crippen LogP contribution < -0.4 is 15.4 Å². The molecule has 1 unspecified atom stereocenters. The Hall–Kier alpha value is -3.87. The van der Waals surface area contributed by atoms with Gasteiger partial charge in [-0.3, -0.25) is 4.40 Å². The van der Waals surface area contributed by atoms with Gasteiger partial charge in [0, 0.05) is 43.2 Å². The van der Waals surface area contributed by atoms with E-state index in [-0.39, 0.29) is 12.8 Å². The number of hydrogen-bond donors (Lipinski definition) is 3. The molecule has 3 N–H and O–H groups in total. The predicted octanol–water partition coefficient (Wildman–Crippen LogP) is 2.75. The predicted molar refractivity (Wildman–Crippen MR) is 122 cm³/mol. The van der Waals surface area contributed by atoms with Crippen molar-refractivity contribution < 1.29 is 4.74 Å². The molecule has 0 saturated carbocycles. The fourth-order valence-corrected chi connectivity index (χ4v) is 3.89. The van der Waals surface area contributed by atoms with Crippen LogP contribution in [0.25, 0.3) is 22.7 Å². The molecule has 4 rings (SSSR count). The lowest BCUT2D eigenvalue weighted by Gasteiger charge is -2.14. The van der Waals surface area contributed by atoms with Crippen molar-refractivity contribution in [3.05, 3.63) is 42.4 Å². The molecule has 1 atom stereocenters. The zero-order chi connectivity index (χ0) is 21.8. The molecule has 0 spiro atoms. The van der Waals surface area contributed by atoms with Gasteiger partial charge in [-0.1, -0.05) is 12.4 Å². The van der Waals surface area contributed by atoms with Crippen LogP contribution in [0, 0.1) is 16.6 Å². The minimum absolute atomic E-state index is 0.118. The molecule has 3 aromatic heterocycles. The Morgan fingerprint density at radius 3 is 3.00 bits per heavy atom. The second kappa shape index (κ2) is 8.87. The number of aromatic nitrogens is 4. The highest BCUT2D eigenvalue weighted by Crippen LogP contribution is 2.28. The van der Waals surface area contributed by atoms with Gasteiger partial charge in [-0.15, -0.1) is 0 Å². The molecule has 0 aromatic carbocycles. The summed E-state index contributed by atoms with van der Waals surface area (Å²) in [5.74, 6) is 4.01. The maximum absolute atomic E-state index is 9.13. The number of allylic oxidation sites excluding steroid dienone is 1. The molecule has 10 heteroatoms. The first-order valence-electron chi connectivity index (χ1n) is 10.1. The summed E-state index contributed by atoms with van der Waals surface area (Å²) in [5.41, 5.74) is 2.83. The van der Waals surface area contributed by atoms with Gasteiger partial charge in [-0.05, 0) is 24.9 Å². The van der Waals surface area contributed by atoms with E-state index in [0.717, 1.165) is 36.3 Å². The van der Waals surface area contributed by atoms with Crippen molar-refractivity contribution in [2.24, 2.45) is 0 Å². The molecule has 156 valence electrons. The van der Waals surface area contributed by atoms with Crippen LogP contribution in [-0.4, -0.2) is 52.5 Å². The summed E-state index contributed by atoms with van der Waals surface area (Å²) in [6.45, 7) is 0.118. The van der Waals surface area contributed by atoms with E-state index in [1.165, 1.54) is 6.21 Å². The number of imidazole rings is 1. The highest BCUT2D eigenvalue weighted by Gasteiger charge is 2.28. The number of methoxy groups -OCH3 is 1. The van der Waals surface area contributed by atoms with E-state index in [9.17, 15) is 0 Å². The Balaban J connectivity index is 1.71. The summed E-state index contributed by atoms with van der Waals surface area (Å²) in [4.78, 5) is 13.7. The van der Waals surface area contributed by atoms with Crippen LogP contribution in [-0.2, 0) is 0 Å². The van der Waals surface area contributed by atoms with Gasteiger partial charge < -0.3 is 20.8 Å². The summed E-state index contributed by atoms with van der Waals surface area (Å²) >= 11 is 0. The first-order valence-corrected chi connectivity index (χ1v) is 10.1. The Bertz CT molecular complexity index is 1180. The number of fused-ring (bicyclic) bond motifs is 1. The standard InChI is InChI=1S/C21H23BN8O/c1-25-10-14(9-23)16-12-30-18(11-26-21(30)29-20(16)31-2)17-4-3-5-19(28-17)27-15-6-7-22(8-15)13-24/h3-5,9-12,15,23,25H,6-8H2,1-2H3,(H,27,28)/b14-10+,23-9?. The Morgan fingerprint density at radius 2 is 2.29 bits per heavy atom. The van der Waals surface area contributed by atoms with Crippen molar-refractivity contribution in [2.75, 3.05) is 19.5 Å². The molecule has 1 fully saturated rings. The molecular formula is C21H23BN8O. The van der Waals surface area contributed by atoms with Crippen molar-refractivity contribution in [3.63, 3.8) is 0 Å². The van der Waals surface area contributed by atoms with Crippen molar-refractivity contribution in [2.45, 2.75) is 25.1 Å². The average molecular weight is 414 g/mol. The van der Waals surface area contributed by atoms with Crippen LogP contribution >= 0.6 is 0 Å². The molecule has 1 aliphatic rings. The first-order chi connectivity index (χ1) is 15.2. The second-order valence-corrected chi connectivity index (χ2v) is 7.40.